The maximum Gasteiger partial charge on any atom is 0.234 e. The van der Waals surface area contributed by atoms with Crippen LogP contribution < -0.4 is 10.2 Å². The van der Waals surface area contributed by atoms with Gasteiger partial charge in [0.25, 0.3) is 0 Å². The summed E-state index contributed by atoms with van der Waals surface area (Å²) in [6, 6.07) is 14.1. The molecule has 1 amide bonds. The van der Waals surface area contributed by atoms with E-state index in [4.69, 9.17) is 0 Å². The van der Waals surface area contributed by atoms with E-state index in [-0.39, 0.29) is 11.7 Å². The Balaban J connectivity index is 1.69. The summed E-state index contributed by atoms with van der Waals surface area (Å²) in [5.74, 6) is 1.00. The Morgan fingerprint density at radius 1 is 1.11 bits per heavy atom. The van der Waals surface area contributed by atoms with Crippen molar-refractivity contribution in [3.05, 3.63) is 53.6 Å². The van der Waals surface area contributed by atoms with E-state index >= 15 is 0 Å². The average Bonchev–Trinajstić information content (AvgIpc) is 3.04. The van der Waals surface area contributed by atoms with Crippen LogP contribution in [0.25, 0.3) is 11.4 Å². The van der Waals surface area contributed by atoms with Gasteiger partial charge in [-0.25, -0.2) is 0 Å². The van der Waals surface area contributed by atoms with Crippen LogP contribution in [-0.4, -0.2) is 40.5 Å². The van der Waals surface area contributed by atoms with Gasteiger partial charge in [0.05, 0.1) is 5.75 Å². The Labute approximate surface area is 170 Å². The summed E-state index contributed by atoms with van der Waals surface area (Å²) in [6.45, 7) is 3.99. The maximum absolute atomic E-state index is 12.4. The number of anilines is 2. The standard InChI is InChI=1S/C21H25N5OS/c1-14-8-6-9-15(2)19(14)22-18(27)13-28-21-24-23-20(26(21)5)16-10-7-11-17(12-16)25(3)4/h6-12H,13H2,1-5H3,(H,22,27). The highest BCUT2D eigenvalue weighted by Crippen LogP contribution is 2.26. The van der Waals surface area contributed by atoms with Gasteiger partial charge in [-0.3, -0.25) is 4.79 Å². The predicted octanol–water partition coefficient (Wildman–Crippen LogP) is 3.90. The SMILES string of the molecule is Cc1cccc(C)c1NC(=O)CSc1nnc(-c2cccc(N(C)C)c2)n1C. The van der Waals surface area contributed by atoms with E-state index in [2.05, 4.69) is 21.6 Å². The van der Waals surface area contributed by atoms with Crippen LogP contribution in [0.15, 0.2) is 47.6 Å². The molecule has 0 aliphatic carbocycles. The third-order valence-corrected chi connectivity index (χ3v) is 5.55. The lowest BCUT2D eigenvalue weighted by Crippen LogP contribution is -2.16. The van der Waals surface area contributed by atoms with Gasteiger partial charge in [0, 0.05) is 38.1 Å². The number of thioether (sulfide) groups is 1. The number of para-hydroxylation sites is 1. The van der Waals surface area contributed by atoms with Crippen LogP contribution in [0.2, 0.25) is 0 Å². The van der Waals surface area contributed by atoms with Gasteiger partial charge in [-0.05, 0) is 37.1 Å². The molecule has 0 aliphatic rings. The lowest BCUT2D eigenvalue weighted by molar-refractivity contribution is -0.113. The number of hydrogen-bond acceptors (Lipinski definition) is 5. The van der Waals surface area contributed by atoms with Gasteiger partial charge in [-0.2, -0.15) is 0 Å². The molecule has 0 saturated carbocycles. The molecule has 1 N–H and O–H groups in total. The number of rotatable bonds is 6. The fraction of sp³-hybridized carbons (Fsp3) is 0.286. The predicted molar refractivity (Wildman–Crippen MR) is 116 cm³/mol. The summed E-state index contributed by atoms with van der Waals surface area (Å²) in [6.07, 6.45) is 0. The molecular formula is C21H25N5OS. The van der Waals surface area contributed by atoms with E-state index in [1.54, 1.807) is 0 Å². The maximum atomic E-state index is 12.4. The first kappa shape index (κ1) is 19.9. The summed E-state index contributed by atoms with van der Waals surface area (Å²) < 4.78 is 1.92. The van der Waals surface area contributed by atoms with Crippen molar-refractivity contribution >= 4 is 29.0 Å². The Morgan fingerprint density at radius 3 is 2.46 bits per heavy atom. The molecular weight excluding hydrogens is 370 g/mol. The number of amides is 1. The first-order chi connectivity index (χ1) is 13.4. The van der Waals surface area contributed by atoms with E-state index in [9.17, 15) is 4.79 Å². The molecule has 3 rings (SSSR count). The topological polar surface area (TPSA) is 63.1 Å². The second-order valence-electron chi connectivity index (χ2n) is 6.91. The molecule has 6 nitrogen and oxygen atoms in total. The zero-order valence-corrected chi connectivity index (χ0v) is 17.7. The second-order valence-corrected chi connectivity index (χ2v) is 7.86. The normalized spacial score (nSPS) is 10.8. The number of aromatic nitrogens is 3. The van der Waals surface area contributed by atoms with Crippen LogP contribution in [0.5, 0.6) is 0 Å². The number of benzene rings is 2. The molecule has 0 aliphatic heterocycles. The Hall–Kier alpha value is -2.80. The van der Waals surface area contributed by atoms with Gasteiger partial charge >= 0.3 is 0 Å². The Morgan fingerprint density at radius 2 is 1.79 bits per heavy atom. The van der Waals surface area contributed by atoms with E-state index in [1.165, 1.54) is 11.8 Å². The minimum absolute atomic E-state index is 0.0541. The fourth-order valence-corrected chi connectivity index (χ4v) is 3.64. The van der Waals surface area contributed by atoms with Crippen molar-refractivity contribution < 1.29 is 4.79 Å². The molecule has 0 unspecified atom stereocenters. The zero-order valence-electron chi connectivity index (χ0n) is 16.9. The third kappa shape index (κ3) is 4.36. The van der Waals surface area contributed by atoms with Gasteiger partial charge in [0.2, 0.25) is 5.91 Å². The second kappa shape index (κ2) is 8.48. The molecule has 7 heteroatoms. The lowest BCUT2D eigenvalue weighted by Gasteiger charge is -2.13. The van der Waals surface area contributed by atoms with Gasteiger partial charge in [-0.1, -0.05) is 42.1 Å². The number of carbonyl (C=O) groups is 1. The largest absolute Gasteiger partial charge is 0.378 e. The summed E-state index contributed by atoms with van der Waals surface area (Å²) in [4.78, 5) is 14.5. The van der Waals surface area contributed by atoms with Crippen LogP contribution in [0.3, 0.4) is 0 Å². The van der Waals surface area contributed by atoms with Gasteiger partial charge in [0.15, 0.2) is 11.0 Å². The highest BCUT2D eigenvalue weighted by molar-refractivity contribution is 7.99. The first-order valence-corrected chi connectivity index (χ1v) is 10.0. The monoisotopic (exact) mass is 395 g/mol. The van der Waals surface area contributed by atoms with Crippen molar-refractivity contribution in [2.24, 2.45) is 7.05 Å². The molecule has 0 saturated heterocycles. The van der Waals surface area contributed by atoms with Crippen LogP contribution in [0.1, 0.15) is 11.1 Å². The average molecular weight is 396 g/mol. The number of aryl methyl sites for hydroxylation is 2. The van der Waals surface area contributed by atoms with Crippen molar-refractivity contribution in [1.29, 1.82) is 0 Å². The Kier molecular flexibility index (Phi) is 6.04. The summed E-state index contributed by atoms with van der Waals surface area (Å²) >= 11 is 1.38. The van der Waals surface area contributed by atoms with Gasteiger partial charge < -0.3 is 14.8 Å². The number of nitrogens with zero attached hydrogens (tertiary/aromatic N) is 4. The zero-order chi connectivity index (χ0) is 20.3. The first-order valence-electron chi connectivity index (χ1n) is 9.03. The number of hydrogen-bond donors (Lipinski definition) is 1. The highest BCUT2D eigenvalue weighted by Gasteiger charge is 2.14. The summed E-state index contributed by atoms with van der Waals surface area (Å²) in [5, 5.41) is 12.3. The molecule has 1 aromatic heterocycles. The van der Waals surface area contributed by atoms with E-state index in [0.29, 0.717) is 5.16 Å². The van der Waals surface area contributed by atoms with Gasteiger partial charge in [0.1, 0.15) is 0 Å². The molecule has 0 atom stereocenters. The minimum Gasteiger partial charge on any atom is -0.378 e. The van der Waals surface area contributed by atoms with E-state index in [0.717, 1.165) is 33.9 Å². The molecule has 2 aromatic carbocycles. The number of nitrogens with one attached hydrogen (secondary N) is 1. The summed E-state index contributed by atoms with van der Waals surface area (Å²) in [7, 11) is 5.93. The lowest BCUT2D eigenvalue weighted by atomic mass is 10.1. The van der Waals surface area contributed by atoms with Crippen molar-refractivity contribution in [2.45, 2.75) is 19.0 Å². The molecule has 3 aromatic rings. The van der Waals surface area contributed by atoms with Crippen molar-refractivity contribution in [1.82, 2.24) is 14.8 Å². The minimum atomic E-state index is -0.0541. The smallest absolute Gasteiger partial charge is 0.234 e. The third-order valence-electron chi connectivity index (χ3n) is 4.53. The molecule has 146 valence electrons. The molecule has 0 spiro atoms. The van der Waals surface area contributed by atoms with Crippen LogP contribution in [0, 0.1) is 13.8 Å². The Bertz CT molecular complexity index is 976. The molecule has 28 heavy (non-hydrogen) atoms. The number of carbonyl (C=O) groups excluding carboxylic acids is 1. The van der Waals surface area contributed by atoms with Crippen LogP contribution >= 0.6 is 11.8 Å². The highest BCUT2D eigenvalue weighted by atomic mass is 32.2. The molecule has 0 fully saturated rings. The van der Waals surface area contributed by atoms with Crippen molar-refractivity contribution in [2.75, 3.05) is 30.1 Å². The van der Waals surface area contributed by atoms with Crippen LogP contribution in [-0.2, 0) is 11.8 Å². The van der Waals surface area contributed by atoms with Crippen molar-refractivity contribution in [3.63, 3.8) is 0 Å². The quantitative estimate of drug-likeness (QED) is 0.642. The van der Waals surface area contributed by atoms with Gasteiger partial charge in [-0.15, -0.1) is 10.2 Å². The molecule has 1 heterocycles. The molecule has 0 radical (unpaired) electrons. The van der Waals surface area contributed by atoms with E-state index < -0.39 is 0 Å². The van der Waals surface area contributed by atoms with Crippen molar-refractivity contribution in [3.8, 4) is 11.4 Å². The molecule has 0 bridgehead atoms. The fourth-order valence-electron chi connectivity index (χ4n) is 2.93. The summed E-state index contributed by atoms with van der Waals surface area (Å²) in [5.41, 5.74) is 5.09. The van der Waals surface area contributed by atoms with E-state index in [1.807, 2.05) is 80.9 Å². The van der Waals surface area contributed by atoms with Crippen LogP contribution in [0.4, 0.5) is 11.4 Å².